The van der Waals surface area contributed by atoms with Crippen LogP contribution >= 0.6 is 0 Å². The molecule has 0 saturated carbocycles. The van der Waals surface area contributed by atoms with Crippen molar-refractivity contribution >= 4 is 54.7 Å². The molecule has 4 heterocycles. The predicted octanol–water partition coefficient (Wildman–Crippen LogP) is 15.5. The number of para-hydroxylation sites is 2. The molecule has 0 amide bonds. The van der Waals surface area contributed by atoms with Crippen LogP contribution in [-0.4, -0.2) is 29.1 Å². The summed E-state index contributed by atoms with van der Waals surface area (Å²) in [6, 6.07) is 64.1. The molecule has 0 atom stereocenters. The van der Waals surface area contributed by atoms with Crippen LogP contribution in [0, 0.1) is 0 Å². The first-order valence-electron chi connectivity index (χ1n) is 23.0. The van der Waals surface area contributed by atoms with Crippen molar-refractivity contribution in [1.82, 2.24) is 29.1 Å². The summed E-state index contributed by atoms with van der Waals surface area (Å²) in [5.74, 6) is 2.35. The van der Waals surface area contributed by atoms with E-state index in [1.807, 2.05) is 12.1 Å². The van der Waals surface area contributed by atoms with Crippen LogP contribution in [0.1, 0.15) is 52.7 Å². The second kappa shape index (κ2) is 15.2. The second-order valence-corrected chi connectivity index (χ2v) is 19.6. The highest BCUT2D eigenvalue weighted by molar-refractivity contribution is 6.23. The summed E-state index contributed by atoms with van der Waals surface area (Å²) >= 11 is 0. The minimum absolute atomic E-state index is 0.00510. The van der Waals surface area contributed by atoms with Gasteiger partial charge >= 0.3 is 0 Å². The highest BCUT2D eigenvalue weighted by Gasteiger charge is 2.25. The number of nitrogens with zero attached hydrogens (tertiary/aromatic N) is 6. The monoisotopic (exact) mass is 868 g/mol. The Hall–Kier alpha value is -8.16. The predicted molar refractivity (Wildman–Crippen MR) is 275 cm³/mol. The number of rotatable bonds is 6. The highest BCUT2D eigenvalue weighted by atomic mass is 16.3. The number of oxazole rings is 1. The van der Waals surface area contributed by atoms with Gasteiger partial charge in [-0.1, -0.05) is 181 Å². The Labute approximate surface area is 389 Å². The maximum Gasteiger partial charge on any atom is 0.238 e. The standard InChI is InChI=1S/C60H48N6O/c1-59(2,3)42-28-24-39(25-29-42)55-62-56(40-26-30-43(31-27-40)60(4,5)6)64-58(63-55)66-51-19-13-11-17-46(51)48-34-33-47-45-16-10-12-18-50(45)65(53(47)54(48)66)44-32-35-52-49(36-44)61-57(67-52)41-22-20-38(21-23-41)37-14-8-7-9-15-37/h7-36H,1-6H3. The molecule has 0 unspecified atom stereocenters. The van der Waals surface area contributed by atoms with Crippen LogP contribution < -0.4 is 0 Å². The van der Waals surface area contributed by atoms with E-state index in [1.165, 1.54) is 16.7 Å². The Balaban J connectivity index is 1.09. The van der Waals surface area contributed by atoms with Gasteiger partial charge in [-0.25, -0.2) is 9.97 Å². The molecule has 4 aromatic heterocycles. The van der Waals surface area contributed by atoms with E-state index in [0.29, 0.717) is 23.5 Å². The van der Waals surface area contributed by atoms with E-state index in [4.69, 9.17) is 24.4 Å². The first kappa shape index (κ1) is 40.4. The fourth-order valence-corrected chi connectivity index (χ4v) is 9.55. The fraction of sp³-hybridized carbons (Fsp3) is 0.133. The molecule has 0 fully saturated rings. The molecule has 0 bridgehead atoms. The fourth-order valence-electron chi connectivity index (χ4n) is 9.55. The number of aromatic nitrogens is 6. The van der Waals surface area contributed by atoms with Crippen molar-refractivity contribution < 1.29 is 4.42 Å². The molecular weight excluding hydrogens is 821 g/mol. The summed E-state index contributed by atoms with van der Waals surface area (Å²) in [7, 11) is 0. The van der Waals surface area contributed by atoms with Crippen LogP contribution in [0.15, 0.2) is 186 Å². The lowest BCUT2D eigenvalue weighted by atomic mass is 9.86. The van der Waals surface area contributed by atoms with Gasteiger partial charge in [0, 0.05) is 43.9 Å². The summed E-state index contributed by atoms with van der Waals surface area (Å²) in [6.07, 6.45) is 0. The van der Waals surface area contributed by atoms with E-state index >= 15 is 0 Å². The maximum absolute atomic E-state index is 6.43. The number of fused-ring (bicyclic) bond motifs is 8. The number of benzene rings is 8. The molecule has 0 radical (unpaired) electrons. The summed E-state index contributed by atoms with van der Waals surface area (Å²) < 4.78 is 11.0. The van der Waals surface area contributed by atoms with Gasteiger partial charge in [0.25, 0.3) is 0 Å². The molecule has 0 N–H and O–H groups in total. The highest BCUT2D eigenvalue weighted by Crippen LogP contribution is 2.42. The van der Waals surface area contributed by atoms with Crippen LogP contribution in [0.25, 0.3) is 112 Å². The molecule has 0 spiro atoms. The molecule has 0 aliphatic carbocycles. The summed E-state index contributed by atoms with van der Waals surface area (Å²) in [6.45, 7) is 13.4. The van der Waals surface area contributed by atoms with Gasteiger partial charge in [0.1, 0.15) is 5.52 Å². The minimum Gasteiger partial charge on any atom is -0.436 e. The van der Waals surface area contributed by atoms with Crippen molar-refractivity contribution in [2.24, 2.45) is 0 Å². The van der Waals surface area contributed by atoms with E-state index in [9.17, 15) is 0 Å². The van der Waals surface area contributed by atoms with Crippen LogP contribution in [0.2, 0.25) is 0 Å². The third-order valence-corrected chi connectivity index (χ3v) is 13.2. The normalized spacial score (nSPS) is 12.3. The van der Waals surface area contributed by atoms with Gasteiger partial charge < -0.3 is 8.98 Å². The smallest absolute Gasteiger partial charge is 0.238 e. The van der Waals surface area contributed by atoms with Crippen molar-refractivity contribution in [1.29, 1.82) is 0 Å². The first-order valence-corrected chi connectivity index (χ1v) is 23.0. The zero-order valence-corrected chi connectivity index (χ0v) is 38.4. The molecule has 12 rings (SSSR count). The Morgan fingerprint density at radius 1 is 0.388 bits per heavy atom. The Bertz CT molecular complexity index is 3770. The van der Waals surface area contributed by atoms with E-state index in [-0.39, 0.29) is 10.8 Å². The van der Waals surface area contributed by atoms with Gasteiger partial charge in [-0.2, -0.15) is 9.97 Å². The zero-order chi connectivity index (χ0) is 45.6. The van der Waals surface area contributed by atoms with Gasteiger partial charge in [0.15, 0.2) is 17.2 Å². The van der Waals surface area contributed by atoms with Crippen LogP contribution in [0.5, 0.6) is 0 Å². The van der Waals surface area contributed by atoms with Crippen molar-refractivity contribution in [3.8, 4) is 57.0 Å². The molecule has 12 aromatic rings. The third-order valence-electron chi connectivity index (χ3n) is 13.2. The lowest BCUT2D eigenvalue weighted by molar-refractivity contribution is 0.590. The average molecular weight is 869 g/mol. The summed E-state index contributed by atoms with van der Waals surface area (Å²) in [5, 5.41) is 4.48. The van der Waals surface area contributed by atoms with E-state index in [2.05, 4.69) is 221 Å². The maximum atomic E-state index is 6.43. The molecule has 0 saturated heterocycles. The van der Waals surface area contributed by atoms with Crippen molar-refractivity contribution in [2.75, 3.05) is 0 Å². The SMILES string of the molecule is CC(C)(C)c1ccc(-c2nc(-c3ccc(C(C)(C)C)cc3)nc(-n3c4ccccc4c4ccc5c6ccccc6n(-c6ccc7oc(-c8ccc(-c9ccccc9)cc8)nc7c6)c5c43)n2)cc1. The van der Waals surface area contributed by atoms with Crippen LogP contribution in [0.3, 0.4) is 0 Å². The molecule has 7 heteroatoms. The van der Waals surface area contributed by atoms with Gasteiger partial charge in [-0.05, 0) is 75.5 Å². The molecular formula is C60H48N6O. The van der Waals surface area contributed by atoms with Crippen LogP contribution in [-0.2, 0) is 10.8 Å². The summed E-state index contributed by atoms with van der Waals surface area (Å²) in [4.78, 5) is 21.1. The average Bonchev–Trinajstić information content (AvgIpc) is 4.04. The van der Waals surface area contributed by atoms with E-state index < -0.39 is 0 Å². The number of hydrogen-bond donors (Lipinski definition) is 0. The molecule has 8 aromatic carbocycles. The topological polar surface area (TPSA) is 74.6 Å². The Kier molecular flexibility index (Phi) is 9.16. The van der Waals surface area contributed by atoms with Gasteiger partial charge in [-0.15, -0.1) is 0 Å². The van der Waals surface area contributed by atoms with Gasteiger partial charge in [-0.3, -0.25) is 4.57 Å². The van der Waals surface area contributed by atoms with Crippen molar-refractivity contribution in [2.45, 2.75) is 52.4 Å². The Morgan fingerprint density at radius 3 is 1.43 bits per heavy atom. The van der Waals surface area contributed by atoms with E-state index in [1.54, 1.807) is 0 Å². The molecule has 67 heavy (non-hydrogen) atoms. The van der Waals surface area contributed by atoms with Gasteiger partial charge in [0.05, 0.1) is 22.1 Å². The van der Waals surface area contributed by atoms with Crippen molar-refractivity contribution in [3.05, 3.63) is 193 Å². The largest absolute Gasteiger partial charge is 0.436 e. The molecule has 0 aliphatic heterocycles. The molecule has 7 nitrogen and oxygen atoms in total. The lowest BCUT2D eigenvalue weighted by Gasteiger charge is -2.19. The lowest BCUT2D eigenvalue weighted by Crippen LogP contribution is -2.11. The zero-order valence-electron chi connectivity index (χ0n) is 38.4. The first-order chi connectivity index (χ1) is 32.5. The molecule has 0 aliphatic rings. The van der Waals surface area contributed by atoms with Crippen LogP contribution in [0.4, 0.5) is 0 Å². The Morgan fingerprint density at radius 2 is 0.866 bits per heavy atom. The quantitative estimate of drug-likeness (QED) is 0.166. The summed E-state index contributed by atoms with van der Waals surface area (Å²) in [5.41, 5.74) is 14.2. The minimum atomic E-state index is 0.00510. The number of hydrogen-bond acceptors (Lipinski definition) is 5. The third kappa shape index (κ3) is 6.89. The second-order valence-electron chi connectivity index (χ2n) is 19.6. The molecule has 324 valence electrons. The van der Waals surface area contributed by atoms with Gasteiger partial charge in [0.2, 0.25) is 11.8 Å². The van der Waals surface area contributed by atoms with Crippen molar-refractivity contribution in [3.63, 3.8) is 0 Å². The van der Waals surface area contributed by atoms with E-state index in [0.717, 1.165) is 82.7 Å².